The maximum atomic E-state index is 9.63. The maximum Gasteiger partial charge on any atom is 1.00 e. The van der Waals surface area contributed by atoms with Crippen molar-refractivity contribution in [1.29, 1.82) is 0 Å². The van der Waals surface area contributed by atoms with Gasteiger partial charge in [-0.05, 0) is 0 Å². The van der Waals surface area contributed by atoms with Crippen LogP contribution in [0.25, 0.3) is 0 Å². The molecule has 0 aromatic rings. The molecule has 0 unspecified atom stereocenters. The SMILES string of the molecule is O=P(O)(O)OP(=O)(O)O.[H-].[Li+]. The van der Waals surface area contributed by atoms with Crippen LogP contribution >= 0.6 is 15.6 Å². The third kappa shape index (κ3) is 11.6. The summed E-state index contributed by atoms with van der Waals surface area (Å²) in [5.41, 5.74) is 0. The van der Waals surface area contributed by atoms with Gasteiger partial charge in [-0.1, -0.05) is 0 Å². The van der Waals surface area contributed by atoms with Crippen LogP contribution in [0, 0.1) is 0 Å². The Balaban J connectivity index is -0.000000320. The third-order valence-electron chi connectivity index (χ3n) is 0.213. The number of hydrogen-bond acceptors (Lipinski definition) is 3. The fraction of sp³-hybridized carbons (Fsp3) is 0. The minimum atomic E-state index is -5.05. The van der Waals surface area contributed by atoms with Crippen molar-refractivity contribution in [1.82, 2.24) is 0 Å². The van der Waals surface area contributed by atoms with Crippen LogP contribution in [0.4, 0.5) is 0 Å². The molecule has 0 radical (unpaired) electrons. The quantitative estimate of drug-likeness (QED) is 0.258. The van der Waals surface area contributed by atoms with E-state index < -0.39 is 15.6 Å². The largest absolute Gasteiger partial charge is 1.00 e. The summed E-state index contributed by atoms with van der Waals surface area (Å²) < 4.78 is 22.2. The van der Waals surface area contributed by atoms with Gasteiger partial charge in [-0.15, -0.1) is 0 Å². The zero-order valence-electron chi connectivity index (χ0n) is 5.91. The Labute approximate surface area is 69.5 Å². The van der Waals surface area contributed by atoms with Gasteiger partial charge in [0, 0.05) is 0 Å². The summed E-state index contributed by atoms with van der Waals surface area (Å²) in [6, 6.07) is 0. The first-order chi connectivity index (χ1) is 3.71. The molecule has 0 aromatic heterocycles. The fourth-order valence-electron chi connectivity index (χ4n) is 0.139. The molecule has 4 N–H and O–H groups in total. The molecule has 0 saturated heterocycles. The number of hydrogen-bond donors (Lipinski definition) is 4. The van der Waals surface area contributed by atoms with Crippen molar-refractivity contribution >= 4 is 15.6 Å². The van der Waals surface area contributed by atoms with Crippen molar-refractivity contribution in [2.75, 3.05) is 0 Å². The Hall–Kier alpha value is 0.857. The third-order valence-corrected chi connectivity index (χ3v) is 1.91. The van der Waals surface area contributed by atoms with Gasteiger partial charge in [-0.3, -0.25) is 0 Å². The van der Waals surface area contributed by atoms with E-state index in [9.17, 15) is 9.13 Å². The fourth-order valence-corrected chi connectivity index (χ4v) is 1.25. The van der Waals surface area contributed by atoms with Crippen LogP contribution < -0.4 is 18.9 Å². The summed E-state index contributed by atoms with van der Waals surface area (Å²) in [6.45, 7) is 0. The summed E-state index contributed by atoms with van der Waals surface area (Å²) in [5.74, 6) is 0. The standard InChI is InChI=1S/Li.H4O7P2.H/c;1-8(2,3)7-9(4,5)6;/h;(H2,1,2,3)(H2,4,5,6);/q+1;;-1. The summed E-state index contributed by atoms with van der Waals surface area (Å²) in [5, 5.41) is 0. The van der Waals surface area contributed by atoms with Crippen molar-refractivity contribution in [2.45, 2.75) is 0 Å². The molecule has 0 rings (SSSR count). The van der Waals surface area contributed by atoms with Gasteiger partial charge in [-0.25, -0.2) is 9.13 Å². The van der Waals surface area contributed by atoms with E-state index in [1.165, 1.54) is 0 Å². The molecule has 0 fully saturated rings. The Bertz CT molecular complexity index is 157. The summed E-state index contributed by atoms with van der Waals surface area (Å²) >= 11 is 0. The first kappa shape index (κ1) is 13.4. The normalized spacial score (nSPS) is 12.4. The van der Waals surface area contributed by atoms with Crippen molar-refractivity contribution in [3.63, 3.8) is 0 Å². The van der Waals surface area contributed by atoms with Gasteiger partial charge in [0.2, 0.25) is 0 Å². The molecule has 0 amide bonds. The molecule has 0 aliphatic heterocycles. The molecule has 0 aliphatic carbocycles. The minimum Gasteiger partial charge on any atom is -1.00 e. The molecule has 0 aliphatic rings. The van der Waals surface area contributed by atoms with Gasteiger partial charge < -0.3 is 21.0 Å². The second kappa shape index (κ2) is 4.03. The van der Waals surface area contributed by atoms with Crippen LogP contribution in [-0.2, 0) is 13.4 Å². The van der Waals surface area contributed by atoms with E-state index in [2.05, 4.69) is 4.31 Å². The Morgan fingerprint density at radius 3 is 1.20 bits per heavy atom. The molecular weight excluding hydrogens is 181 g/mol. The van der Waals surface area contributed by atoms with Crippen molar-refractivity contribution in [2.24, 2.45) is 0 Å². The monoisotopic (exact) mass is 186 g/mol. The molecule has 10 heavy (non-hydrogen) atoms. The second-order valence-electron chi connectivity index (χ2n) is 1.06. The van der Waals surface area contributed by atoms with E-state index >= 15 is 0 Å². The average molecular weight is 186 g/mol. The molecular formula is H5LiO7P2. The van der Waals surface area contributed by atoms with Crippen LogP contribution in [0.2, 0.25) is 0 Å². The first-order valence-electron chi connectivity index (χ1n) is 1.53. The van der Waals surface area contributed by atoms with Gasteiger partial charge in [0.1, 0.15) is 0 Å². The molecule has 0 bridgehead atoms. The van der Waals surface area contributed by atoms with Gasteiger partial charge in [-0.2, -0.15) is 4.31 Å². The van der Waals surface area contributed by atoms with Gasteiger partial charge in [0.15, 0.2) is 0 Å². The van der Waals surface area contributed by atoms with E-state index in [1.54, 1.807) is 0 Å². The summed E-state index contributed by atoms with van der Waals surface area (Å²) in [4.78, 5) is 31.0. The Morgan fingerprint density at radius 1 is 1.00 bits per heavy atom. The molecule has 0 heterocycles. The number of phosphoric acid groups is 2. The van der Waals surface area contributed by atoms with E-state index in [4.69, 9.17) is 19.6 Å². The zero-order chi connectivity index (χ0) is 7.71. The van der Waals surface area contributed by atoms with E-state index in [-0.39, 0.29) is 20.3 Å². The topological polar surface area (TPSA) is 124 Å². The van der Waals surface area contributed by atoms with Crippen LogP contribution in [-0.4, -0.2) is 19.6 Å². The smallest absolute Gasteiger partial charge is 1.00 e. The van der Waals surface area contributed by atoms with Crippen molar-refractivity contribution in [3.8, 4) is 0 Å². The van der Waals surface area contributed by atoms with Crippen molar-refractivity contribution < 1.29 is 53.3 Å². The van der Waals surface area contributed by atoms with E-state index in [1.807, 2.05) is 0 Å². The predicted molar refractivity (Wildman–Crippen MR) is 26.3 cm³/mol. The summed E-state index contributed by atoms with van der Waals surface area (Å²) in [7, 11) is -10.1. The molecule has 0 atom stereocenters. The van der Waals surface area contributed by atoms with E-state index in [0.717, 1.165) is 0 Å². The predicted octanol–water partition coefficient (Wildman–Crippen LogP) is -3.70. The molecule has 0 saturated carbocycles. The van der Waals surface area contributed by atoms with Crippen LogP contribution in [0.15, 0.2) is 0 Å². The molecule has 7 nitrogen and oxygen atoms in total. The van der Waals surface area contributed by atoms with Crippen LogP contribution in [0.3, 0.4) is 0 Å². The molecule has 10 heteroatoms. The first-order valence-corrected chi connectivity index (χ1v) is 4.59. The number of rotatable bonds is 2. The van der Waals surface area contributed by atoms with Crippen LogP contribution in [0.1, 0.15) is 1.43 Å². The Kier molecular flexibility index (Phi) is 5.42. The van der Waals surface area contributed by atoms with Crippen LogP contribution in [0.5, 0.6) is 0 Å². The zero-order valence-corrected chi connectivity index (χ0v) is 6.70. The van der Waals surface area contributed by atoms with Gasteiger partial charge in [0.05, 0.1) is 0 Å². The van der Waals surface area contributed by atoms with Gasteiger partial charge >= 0.3 is 34.5 Å². The maximum absolute atomic E-state index is 9.63. The van der Waals surface area contributed by atoms with Crippen molar-refractivity contribution in [3.05, 3.63) is 0 Å². The molecule has 58 valence electrons. The summed E-state index contributed by atoms with van der Waals surface area (Å²) in [6.07, 6.45) is 0. The second-order valence-corrected chi connectivity index (χ2v) is 3.68. The molecule has 0 aromatic carbocycles. The Morgan fingerprint density at radius 2 is 1.20 bits per heavy atom. The average Bonchev–Trinajstić information content (AvgIpc) is 1.14. The van der Waals surface area contributed by atoms with E-state index in [0.29, 0.717) is 0 Å². The molecule has 0 spiro atoms. The van der Waals surface area contributed by atoms with Gasteiger partial charge in [0.25, 0.3) is 0 Å². The minimum absolute atomic E-state index is 0.